The van der Waals surface area contributed by atoms with Gasteiger partial charge in [-0.3, -0.25) is 9.78 Å². The molecule has 0 aliphatic carbocycles. The van der Waals surface area contributed by atoms with Crippen molar-refractivity contribution in [2.24, 2.45) is 0 Å². The molecule has 0 spiro atoms. The molecule has 8 heteroatoms. The normalized spacial score (nSPS) is 17.7. The third-order valence-corrected chi connectivity index (χ3v) is 4.89. The van der Waals surface area contributed by atoms with E-state index in [2.05, 4.69) is 24.8 Å². The van der Waals surface area contributed by atoms with Gasteiger partial charge in [0.25, 0.3) is 5.91 Å². The van der Waals surface area contributed by atoms with Crippen LogP contribution in [0.25, 0.3) is 0 Å². The summed E-state index contributed by atoms with van der Waals surface area (Å²) in [5.41, 5.74) is 1.38. The van der Waals surface area contributed by atoms with Gasteiger partial charge in [0.15, 0.2) is 0 Å². The molecule has 136 valence electrons. The lowest BCUT2D eigenvalue weighted by Gasteiger charge is -2.35. The fraction of sp³-hybridized carbons (Fsp3) is 0.500. The Hall–Kier alpha value is -2.77. The lowest BCUT2D eigenvalue weighted by atomic mass is 10.2. The zero-order valence-corrected chi connectivity index (χ0v) is 15.0. The highest BCUT2D eigenvalue weighted by molar-refractivity contribution is 5.92. The highest BCUT2D eigenvalue weighted by atomic mass is 16.2. The predicted molar refractivity (Wildman–Crippen MR) is 98.4 cm³/mol. The number of rotatable bonds is 3. The smallest absolute Gasteiger partial charge is 0.274 e. The van der Waals surface area contributed by atoms with E-state index in [1.807, 2.05) is 17.9 Å². The molecule has 4 heterocycles. The molecule has 0 N–H and O–H groups in total. The third kappa shape index (κ3) is 3.44. The van der Waals surface area contributed by atoms with Crippen molar-refractivity contribution in [3.63, 3.8) is 0 Å². The van der Waals surface area contributed by atoms with Crippen molar-refractivity contribution in [1.29, 1.82) is 0 Å². The Morgan fingerprint density at radius 3 is 2.42 bits per heavy atom. The van der Waals surface area contributed by atoms with Gasteiger partial charge in [-0.2, -0.15) is 4.98 Å². The first-order valence-corrected chi connectivity index (χ1v) is 9.11. The van der Waals surface area contributed by atoms with E-state index < -0.39 is 0 Å². The molecule has 2 fully saturated rings. The van der Waals surface area contributed by atoms with Crippen LogP contribution in [0.5, 0.6) is 0 Å². The van der Waals surface area contributed by atoms with Gasteiger partial charge in [-0.25, -0.2) is 9.97 Å². The Balaban J connectivity index is 1.44. The molecular formula is C18H23N7O. The van der Waals surface area contributed by atoms with Crippen molar-refractivity contribution < 1.29 is 4.79 Å². The Morgan fingerprint density at radius 1 is 0.962 bits per heavy atom. The molecule has 26 heavy (non-hydrogen) atoms. The first kappa shape index (κ1) is 16.7. The zero-order valence-electron chi connectivity index (χ0n) is 15.0. The van der Waals surface area contributed by atoms with Crippen molar-refractivity contribution in [2.45, 2.75) is 19.8 Å². The summed E-state index contributed by atoms with van der Waals surface area (Å²) in [7, 11) is 0. The maximum Gasteiger partial charge on any atom is 0.274 e. The summed E-state index contributed by atoms with van der Waals surface area (Å²) in [6, 6.07) is 2.03. The number of hydrogen-bond donors (Lipinski definition) is 0. The number of piperazine rings is 1. The molecule has 0 unspecified atom stereocenters. The van der Waals surface area contributed by atoms with E-state index in [0.29, 0.717) is 18.8 Å². The Labute approximate surface area is 152 Å². The molecule has 8 nitrogen and oxygen atoms in total. The van der Waals surface area contributed by atoms with Crippen LogP contribution in [0.2, 0.25) is 0 Å². The molecule has 1 amide bonds. The van der Waals surface area contributed by atoms with Crippen molar-refractivity contribution in [3.8, 4) is 0 Å². The number of carbonyl (C=O) groups is 1. The van der Waals surface area contributed by atoms with Crippen LogP contribution < -0.4 is 9.80 Å². The number of nitrogens with zero attached hydrogens (tertiary/aromatic N) is 7. The largest absolute Gasteiger partial charge is 0.353 e. The van der Waals surface area contributed by atoms with Crippen molar-refractivity contribution in [1.82, 2.24) is 24.8 Å². The van der Waals surface area contributed by atoms with Gasteiger partial charge in [-0.15, -0.1) is 0 Å². The number of aryl methyl sites for hydroxylation is 1. The second-order valence-corrected chi connectivity index (χ2v) is 6.73. The highest BCUT2D eigenvalue weighted by Gasteiger charge is 2.25. The second-order valence-electron chi connectivity index (χ2n) is 6.73. The Kier molecular flexibility index (Phi) is 4.64. The molecule has 0 radical (unpaired) electrons. The van der Waals surface area contributed by atoms with E-state index in [1.54, 1.807) is 12.4 Å². The lowest BCUT2D eigenvalue weighted by Crippen LogP contribution is -2.49. The fourth-order valence-electron chi connectivity index (χ4n) is 3.47. The summed E-state index contributed by atoms with van der Waals surface area (Å²) in [5.74, 6) is 1.72. The topological polar surface area (TPSA) is 78.3 Å². The maximum absolute atomic E-state index is 12.5. The minimum Gasteiger partial charge on any atom is -0.353 e. The van der Waals surface area contributed by atoms with E-state index in [4.69, 9.17) is 4.98 Å². The van der Waals surface area contributed by atoms with Crippen LogP contribution in [0.3, 0.4) is 0 Å². The van der Waals surface area contributed by atoms with Gasteiger partial charge in [-0.05, 0) is 19.8 Å². The predicted octanol–water partition coefficient (Wildman–Crippen LogP) is 1.14. The highest BCUT2D eigenvalue weighted by Crippen LogP contribution is 2.22. The third-order valence-electron chi connectivity index (χ3n) is 4.89. The van der Waals surface area contributed by atoms with Crippen LogP contribution in [0.1, 0.15) is 29.0 Å². The Morgan fingerprint density at radius 2 is 1.73 bits per heavy atom. The summed E-state index contributed by atoms with van der Waals surface area (Å²) in [6.07, 6.45) is 7.05. The quantitative estimate of drug-likeness (QED) is 0.819. The van der Waals surface area contributed by atoms with Gasteiger partial charge in [0.05, 0.1) is 6.20 Å². The average molecular weight is 353 g/mol. The van der Waals surface area contributed by atoms with Crippen LogP contribution in [-0.4, -0.2) is 70.0 Å². The molecule has 0 aromatic carbocycles. The number of aromatic nitrogens is 4. The van der Waals surface area contributed by atoms with Crippen molar-refractivity contribution in [3.05, 3.63) is 36.0 Å². The van der Waals surface area contributed by atoms with Crippen LogP contribution in [0, 0.1) is 6.92 Å². The fourth-order valence-corrected chi connectivity index (χ4v) is 3.47. The molecule has 2 aromatic rings. The first-order valence-electron chi connectivity index (χ1n) is 9.11. The molecule has 2 aliphatic heterocycles. The van der Waals surface area contributed by atoms with Gasteiger partial charge in [-0.1, -0.05) is 0 Å². The Bertz CT molecular complexity index is 768. The van der Waals surface area contributed by atoms with Gasteiger partial charge in [0.2, 0.25) is 5.95 Å². The minimum absolute atomic E-state index is 0.0608. The van der Waals surface area contributed by atoms with E-state index >= 15 is 0 Å². The van der Waals surface area contributed by atoms with Crippen LogP contribution in [-0.2, 0) is 0 Å². The number of hydrogen-bond acceptors (Lipinski definition) is 7. The molecule has 4 rings (SSSR count). The monoisotopic (exact) mass is 353 g/mol. The molecule has 2 aliphatic rings. The van der Waals surface area contributed by atoms with Gasteiger partial charge >= 0.3 is 0 Å². The van der Waals surface area contributed by atoms with Crippen LogP contribution in [0.4, 0.5) is 11.8 Å². The summed E-state index contributed by atoms with van der Waals surface area (Å²) < 4.78 is 0. The van der Waals surface area contributed by atoms with Gasteiger partial charge in [0, 0.05) is 63.4 Å². The summed E-state index contributed by atoms with van der Waals surface area (Å²) >= 11 is 0. The summed E-state index contributed by atoms with van der Waals surface area (Å²) in [4.78, 5) is 36.3. The lowest BCUT2D eigenvalue weighted by molar-refractivity contribution is 0.0740. The molecule has 0 atom stereocenters. The van der Waals surface area contributed by atoms with Crippen molar-refractivity contribution in [2.75, 3.05) is 49.1 Å². The zero-order chi connectivity index (χ0) is 17.9. The molecule has 0 bridgehead atoms. The number of anilines is 2. The van der Waals surface area contributed by atoms with E-state index in [0.717, 1.165) is 43.6 Å². The summed E-state index contributed by atoms with van der Waals surface area (Å²) in [6.45, 7) is 6.88. The van der Waals surface area contributed by atoms with E-state index in [1.165, 1.54) is 19.0 Å². The minimum atomic E-state index is -0.0608. The standard InChI is InChI=1S/C18H23N7O/c1-14-12-16(22-18(21-14)25-6-2-3-7-25)23-8-10-24(11-9-23)17(26)15-13-19-4-5-20-15/h4-5,12-13H,2-3,6-11H2,1H3. The average Bonchev–Trinajstić information content (AvgIpc) is 3.23. The second kappa shape index (κ2) is 7.23. The van der Waals surface area contributed by atoms with Gasteiger partial charge < -0.3 is 14.7 Å². The van der Waals surface area contributed by atoms with Gasteiger partial charge in [0.1, 0.15) is 11.5 Å². The van der Waals surface area contributed by atoms with E-state index in [9.17, 15) is 4.79 Å². The number of amides is 1. The molecule has 2 saturated heterocycles. The maximum atomic E-state index is 12.5. The summed E-state index contributed by atoms with van der Waals surface area (Å²) in [5, 5.41) is 0. The molecule has 0 saturated carbocycles. The van der Waals surface area contributed by atoms with Crippen LogP contribution in [0.15, 0.2) is 24.7 Å². The SMILES string of the molecule is Cc1cc(N2CCN(C(=O)c3cnccn3)CC2)nc(N2CCCC2)n1. The molecular weight excluding hydrogens is 330 g/mol. The van der Waals surface area contributed by atoms with E-state index in [-0.39, 0.29) is 5.91 Å². The first-order chi connectivity index (χ1) is 12.7. The molecule has 2 aromatic heterocycles. The van der Waals surface area contributed by atoms with Crippen molar-refractivity contribution >= 4 is 17.7 Å². The number of carbonyl (C=O) groups excluding carboxylic acids is 1. The van der Waals surface area contributed by atoms with Crippen LogP contribution >= 0.6 is 0 Å².